The van der Waals surface area contributed by atoms with Crippen molar-refractivity contribution in [3.63, 3.8) is 0 Å². The maximum absolute atomic E-state index is 11.8. The summed E-state index contributed by atoms with van der Waals surface area (Å²) in [4.78, 5) is 11.8. The van der Waals surface area contributed by atoms with Gasteiger partial charge in [-0.1, -0.05) is 32.8 Å². The average molecular weight is 263 g/mol. The van der Waals surface area contributed by atoms with Crippen LogP contribution in [0.25, 0.3) is 0 Å². The van der Waals surface area contributed by atoms with Crippen molar-refractivity contribution < 1.29 is 4.79 Å². The molecule has 1 unspecified atom stereocenters. The first kappa shape index (κ1) is 15.3. The molecule has 1 rings (SSSR count). The third-order valence-corrected chi connectivity index (χ3v) is 2.94. The van der Waals surface area contributed by atoms with Gasteiger partial charge in [0.2, 0.25) is 0 Å². The Hall–Kier alpha value is -1.71. The number of benzene rings is 1. The third kappa shape index (κ3) is 6.70. The number of amides is 2. The molecule has 0 aliphatic rings. The summed E-state index contributed by atoms with van der Waals surface area (Å²) in [6.45, 7) is 6.45. The van der Waals surface area contributed by atoms with Gasteiger partial charge in [0.1, 0.15) is 0 Å². The van der Waals surface area contributed by atoms with Crippen LogP contribution >= 0.6 is 0 Å². The average Bonchev–Trinajstić information content (AvgIpc) is 2.27. The van der Waals surface area contributed by atoms with Crippen molar-refractivity contribution in [2.45, 2.75) is 46.1 Å². The van der Waals surface area contributed by atoms with Crippen LogP contribution < -0.4 is 16.4 Å². The van der Waals surface area contributed by atoms with E-state index in [-0.39, 0.29) is 12.1 Å². The number of hydrogen-bond donors (Lipinski definition) is 3. The van der Waals surface area contributed by atoms with E-state index < -0.39 is 0 Å². The predicted molar refractivity (Wildman–Crippen MR) is 81.2 cm³/mol. The van der Waals surface area contributed by atoms with Gasteiger partial charge < -0.3 is 16.4 Å². The molecule has 4 N–H and O–H groups in total. The highest BCUT2D eigenvalue weighted by molar-refractivity contribution is 5.89. The predicted octanol–water partition coefficient (Wildman–Crippen LogP) is 3.61. The molecular weight excluding hydrogens is 238 g/mol. The molecule has 0 aliphatic carbocycles. The van der Waals surface area contributed by atoms with Crippen molar-refractivity contribution in [2.24, 2.45) is 5.92 Å². The van der Waals surface area contributed by atoms with E-state index in [2.05, 4.69) is 24.5 Å². The summed E-state index contributed by atoms with van der Waals surface area (Å²) in [5, 5.41) is 5.71. The smallest absolute Gasteiger partial charge is 0.319 e. The minimum absolute atomic E-state index is 0.178. The Morgan fingerprint density at radius 2 is 2.00 bits per heavy atom. The van der Waals surface area contributed by atoms with E-state index in [4.69, 9.17) is 5.73 Å². The van der Waals surface area contributed by atoms with Crippen LogP contribution in [0.3, 0.4) is 0 Å². The molecule has 0 bridgehead atoms. The number of anilines is 2. The maximum atomic E-state index is 11.8. The number of rotatable bonds is 6. The van der Waals surface area contributed by atoms with Gasteiger partial charge in [-0.25, -0.2) is 4.79 Å². The SMILES string of the molecule is CC(C)CCCC(C)NC(=O)Nc1cccc(N)c1. The van der Waals surface area contributed by atoms with E-state index in [0.29, 0.717) is 17.3 Å². The lowest BCUT2D eigenvalue weighted by molar-refractivity contribution is 0.248. The minimum Gasteiger partial charge on any atom is -0.399 e. The van der Waals surface area contributed by atoms with Gasteiger partial charge in [0.05, 0.1) is 0 Å². The van der Waals surface area contributed by atoms with Crippen molar-refractivity contribution in [3.8, 4) is 0 Å². The summed E-state index contributed by atoms with van der Waals surface area (Å²) in [6, 6.07) is 7.17. The Kier molecular flexibility index (Phi) is 6.19. The summed E-state index contributed by atoms with van der Waals surface area (Å²) in [5.41, 5.74) is 7.01. The van der Waals surface area contributed by atoms with Crippen molar-refractivity contribution in [3.05, 3.63) is 24.3 Å². The Balaban J connectivity index is 2.30. The molecule has 0 radical (unpaired) electrons. The molecule has 1 atom stereocenters. The van der Waals surface area contributed by atoms with E-state index in [9.17, 15) is 4.79 Å². The standard InChI is InChI=1S/C15H25N3O/c1-11(2)6-4-7-12(3)17-15(19)18-14-9-5-8-13(16)10-14/h5,8-12H,4,6-7,16H2,1-3H3,(H2,17,18,19). The lowest BCUT2D eigenvalue weighted by Gasteiger charge is -2.15. The van der Waals surface area contributed by atoms with E-state index >= 15 is 0 Å². The van der Waals surface area contributed by atoms with Crippen LogP contribution in [0.4, 0.5) is 16.2 Å². The molecule has 0 fully saturated rings. The van der Waals surface area contributed by atoms with Gasteiger partial charge in [0.25, 0.3) is 0 Å². The molecule has 0 saturated carbocycles. The van der Waals surface area contributed by atoms with Crippen LogP contribution in [-0.4, -0.2) is 12.1 Å². The molecule has 1 aromatic carbocycles. The van der Waals surface area contributed by atoms with Gasteiger partial charge in [-0.05, 0) is 37.5 Å². The number of carbonyl (C=O) groups excluding carboxylic acids is 1. The fourth-order valence-electron chi connectivity index (χ4n) is 1.91. The summed E-state index contributed by atoms with van der Waals surface area (Å²) < 4.78 is 0. The quantitative estimate of drug-likeness (QED) is 0.686. The Bertz CT molecular complexity index is 404. The van der Waals surface area contributed by atoms with Gasteiger partial charge in [-0.3, -0.25) is 0 Å². The Labute approximate surface area is 115 Å². The van der Waals surface area contributed by atoms with E-state index in [1.807, 2.05) is 19.1 Å². The zero-order valence-electron chi connectivity index (χ0n) is 12.1. The van der Waals surface area contributed by atoms with Crippen LogP contribution in [0.1, 0.15) is 40.0 Å². The van der Waals surface area contributed by atoms with Crippen LogP contribution in [-0.2, 0) is 0 Å². The molecule has 0 spiro atoms. The Morgan fingerprint density at radius 3 is 2.63 bits per heavy atom. The topological polar surface area (TPSA) is 67.2 Å². The number of nitrogens with one attached hydrogen (secondary N) is 2. The van der Waals surface area contributed by atoms with E-state index in [1.165, 1.54) is 6.42 Å². The first-order valence-electron chi connectivity index (χ1n) is 6.90. The monoisotopic (exact) mass is 263 g/mol. The first-order valence-corrected chi connectivity index (χ1v) is 6.90. The second-order valence-electron chi connectivity index (χ2n) is 5.45. The number of nitrogen functional groups attached to an aromatic ring is 1. The number of carbonyl (C=O) groups is 1. The minimum atomic E-state index is -0.178. The fraction of sp³-hybridized carbons (Fsp3) is 0.533. The molecule has 0 saturated heterocycles. The summed E-state index contributed by atoms with van der Waals surface area (Å²) in [7, 11) is 0. The molecule has 1 aromatic rings. The van der Waals surface area contributed by atoms with E-state index in [0.717, 1.165) is 12.8 Å². The fourth-order valence-corrected chi connectivity index (χ4v) is 1.91. The van der Waals surface area contributed by atoms with Crippen molar-refractivity contribution in [1.82, 2.24) is 5.32 Å². The van der Waals surface area contributed by atoms with Crippen molar-refractivity contribution in [1.29, 1.82) is 0 Å². The lowest BCUT2D eigenvalue weighted by atomic mass is 10.0. The van der Waals surface area contributed by atoms with Crippen LogP contribution in [0.2, 0.25) is 0 Å². The van der Waals surface area contributed by atoms with E-state index in [1.54, 1.807) is 12.1 Å². The third-order valence-electron chi connectivity index (χ3n) is 2.94. The highest BCUT2D eigenvalue weighted by Crippen LogP contribution is 2.12. The number of hydrogen-bond acceptors (Lipinski definition) is 2. The molecular formula is C15H25N3O. The normalized spacial score (nSPS) is 12.2. The second-order valence-corrected chi connectivity index (χ2v) is 5.45. The zero-order chi connectivity index (χ0) is 14.3. The molecule has 106 valence electrons. The molecule has 4 heteroatoms. The summed E-state index contributed by atoms with van der Waals surface area (Å²) in [5.74, 6) is 0.716. The van der Waals surface area contributed by atoms with Gasteiger partial charge in [0, 0.05) is 17.4 Å². The number of nitrogens with two attached hydrogens (primary N) is 1. The lowest BCUT2D eigenvalue weighted by Crippen LogP contribution is -2.36. The van der Waals surface area contributed by atoms with Crippen LogP contribution in [0.15, 0.2) is 24.3 Å². The maximum Gasteiger partial charge on any atom is 0.319 e. The molecule has 0 aliphatic heterocycles. The Morgan fingerprint density at radius 1 is 1.26 bits per heavy atom. The molecule has 19 heavy (non-hydrogen) atoms. The highest BCUT2D eigenvalue weighted by atomic mass is 16.2. The first-order chi connectivity index (χ1) is 8.97. The van der Waals surface area contributed by atoms with Crippen LogP contribution in [0.5, 0.6) is 0 Å². The van der Waals surface area contributed by atoms with Gasteiger partial charge in [-0.15, -0.1) is 0 Å². The molecule has 0 aromatic heterocycles. The highest BCUT2D eigenvalue weighted by Gasteiger charge is 2.07. The van der Waals surface area contributed by atoms with Crippen LogP contribution in [0, 0.1) is 5.92 Å². The van der Waals surface area contributed by atoms with Crippen molar-refractivity contribution >= 4 is 17.4 Å². The van der Waals surface area contributed by atoms with Gasteiger partial charge in [-0.2, -0.15) is 0 Å². The summed E-state index contributed by atoms with van der Waals surface area (Å²) >= 11 is 0. The molecule has 2 amide bonds. The van der Waals surface area contributed by atoms with Gasteiger partial charge in [0.15, 0.2) is 0 Å². The molecule has 4 nitrogen and oxygen atoms in total. The largest absolute Gasteiger partial charge is 0.399 e. The zero-order valence-corrected chi connectivity index (χ0v) is 12.1. The van der Waals surface area contributed by atoms with Crippen molar-refractivity contribution in [2.75, 3.05) is 11.1 Å². The number of urea groups is 1. The molecule has 0 heterocycles. The second kappa shape index (κ2) is 7.67. The summed E-state index contributed by atoms with van der Waals surface area (Å²) in [6.07, 6.45) is 3.34. The van der Waals surface area contributed by atoms with Gasteiger partial charge >= 0.3 is 6.03 Å².